The molecule has 9 heteroatoms. The van der Waals surface area contributed by atoms with Crippen LogP contribution in [0.15, 0.2) is 83.8 Å². The van der Waals surface area contributed by atoms with Crippen LogP contribution >= 0.6 is 0 Å². The fourth-order valence-electron chi connectivity index (χ4n) is 3.35. The molecule has 0 bridgehead atoms. The van der Waals surface area contributed by atoms with Crippen molar-refractivity contribution >= 4 is 33.3 Å². The highest BCUT2D eigenvalue weighted by Gasteiger charge is 2.37. The van der Waals surface area contributed by atoms with Crippen molar-refractivity contribution < 1.29 is 27.5 Å². The first-order chi connectivity index (χ1) is 15.4. The van der Waals surface area contributed by atoms with E-state index in [4.69, 9.17) is 9.47 Å². The molecule has 32 heavy (non-hydrogen) atoms. The molecule has 0 aromatic heterocycles. The molecule has 0 fully saturated rings. The number of nitrogens with zero attached hydrogens (tertiary/aromatic N) is 1. The molecule has 1 N–H and O–H groups in total. The number of amides is 1. The number of fused-ring (bicyclic) bond motifs is 1. The smallest absolute Gasteiger partial charge is 0.337 e. The Morgan fingerprint density at radius 3 is 2.47 bits per heavy atom. The minimum atomic E-state index is -3.92. The van der Waals surface area contributed by atoms with Crippen molar-refractivity contribution in [3.05, 3.63) is 84.4 Å². The number of carbonyl (C=O) groups excluding carboxylic acids is 2. The summed E-state index contributed by atoms with van der Waals surface area (Å²) in [6.45, 7) is -0.212. The Morgan fingerprint density at radius 1 is 1.00 bits per heavy atom. The summed E-state index contributed by atoms with van der Waals surface area (Å²) in [5.41, 5.74) is 0.986. The molecule has 3 aromatic rings. The Balaban J connectivity index is 1.63. The Labute approximate surface area is 185 Å². The largest absolute Gasteiger partial charge is 0.476 e. The van der Waals surface area contributed by atoms with Gasteiger partial charge < -0.3 is 14.8 Å². The summed E-state index contributed by atoms with van der Waals surface area (Å²) in [6.07, 6.45) is -1.11. The van der Waals surface area contributed by atoms with Gasteiger partial charge in [0.05, 0.1) is 29.8 Å². The monoisotopic (exact) mass is 452 g/mol. The van der Waals surface area contributed by atoms with Crippen molar-refractivity contribution in [2.75, 3.05) is 23.3 Å². The van der Waals surface area contributed by atoms with Crippen LogP contribution in [0.5, 0.6) is 5.75 Å². The van der Waals surface area contributed by atoms with Crippen molar-refractivity contribution in [1.82, 2.24) is 0 Å². The minimum Gasteiger partial charge on any atom is -0.476 e. The second kappa shape index (κ2) is 8.72. The van der Waals surface area contributed by atoms with Crippen LogP contribution < -0.4 is 14.4 Å². The van der Waals surface area contributed by atoms with Gasteiger partial charge in [-0.3, -0.25) is 9.10 Å². The van der Waals surface area contributed by atoms with Gasteiger partial charge in [-0.1, -0.05) is 36.4 Å². The fraction of sp³-hybridized carbons (Fsp3) is 0.130. The highest BCUT2D eigenvalue weighted by Crippen LogP contribution is 2.36. The standard InChI is InChI=1S/C23H20N2O6S/c1-30-23(27)16-8-7-9-17(14-16)24-22(26)21-15-25(19-12-5-6-13-20(19)31-21)32(28,29)18-10-3-2-4-11-18/h2-14,21H,15H2,1H3,(H,24,26). The van der Waals surface area contributed by atoms with Gasteiger partial charge in [-0.15, -0.1) is 0 Å². The second-order valence-electron chi connectivity index (χ2n) is 6.99. The Hall–Kier alpha value is -3.85. The van der Waals surface area contributed by atoms with Gasteiger partial charge in [0.2, 0.25) is 0 Å². The summed E-state index contributed by atoms with van der Waals surface area (Å²) in [5.74, 6) is -0.805. The SMILES string of the molecule is COC(=O)c1cccc(NC(=O)C2CN(S(=O)(=O)c3ccccc3)c3ccccc3O2)c1. The Bertz CT molecular complexity index is 1260. The number of carbonyl (C=O) groups is 2. The third kappa shape index (κ3) is 4.15. The molecule has 0 spiro atoms. The lowest BCUT2D eigenvalue weighted by atomic mass is 10.2. The maximum absolute atomic E-state index is 13.3. The first kappa shape index (κ1) is 21.4. The van der Waals surface area contributed by atoms with Gasteiger partial charge in [0.25, 0.3) is 15.9 Å². The van der Waals surface area contributed by atoms with E-state index in [0.29, 0.717) is 11.4 Å². The molecule has 0 aliphatic carbocycles. The van der Waals surface area contributed by atoms with Crippen molar-refractivity contribution in [3.8, 4) is 5.75 Å². The summed E-state index contributed by atoms with van der Waals surface area (Å²) in [6, 6.07) is 20.9. The molecule has 1 aliphatic heterocycles. The number of anilines is 2. The fourth-order valence-corrected chi connectivity index (χ4v) is 4.85. The van der Waals surface area contributed by atoms with Crippen LogP contribution in [0.3, 0.4) is 0 Å². The lowest BCUT2D eigenvalue weighted by Crippen LogP contribution is -2.48. The molecule has 164 valence electrons. The molecule has 1 unspecified atom stereocenters. The number of hydrogen-bond acceptors (Lipinski definition) is 6. The molecule has 1 amide bonds. The predicted octanol–water partition coefficient (Wildman–Crippen LogP) is 3.07. The second-order valence-corrected chi connectivity index (χ2v) is 8.85. The van der Waals surface area contributed by atoms with Crippen LogP contribution in [0.25, 0.3) is 0 Å². The van der Waals surface area contributed by atoms with Gasteiger partial charge in [0.15, 0.2) is 6.10 Å². The maximum Gasteiger partial charge on any atom is 0.337 e. The van der Waals surface area contributed by atoms with E-state index in [9.17, 15) is 18.0 Å². The number of hydrogen-bond donors (Lipinski definition) is 1. The van der Waals surface area contributed by atoms with Crippen LogP contribution in [-0.4, -0.2) is 40.1 Å². The van der Waals surface area contributed by atoms with Crippen molar-refractivity contribution in [2.45, 2.75) is 11.0 Å². The first-order valence-electron chi connectivity index (χ1n) is 9.73. The Kier molecular flexibility index (Phi) is 5.83. The summed E-state index contributed by atoms with van der Waals surface area (Å²) in [7, 11) is -2.66. The lowest BCUT2D eigenvalue weighted by molar-refractivity contribution is -0.122. The quantitative estimate of drug-likeness (QED) is 0.597. The molecule has 1 aliphatic rings. The number of ether oxygens (including phenoxy) is 2. The van der Waals surface area contributed by atoms with Gasteiger partial charge in [0.1, 0.15) is 5.75 Å². The molecule has 8 nitrogen and oxygen atoms in total. The van der Waals surface area contributed by atoms with Crippen molar-refractivity contribution in [1.29, 1.82) is 0 Å². The van der Waals surface area contributed by atoms with Crippen LogP contribution in [0, 0.1) is 0 Å². The first-order valence-corrected chi connectivity index (χ1v) is 11.2. The molecule has 4 rings (SSSR count). The van der Waals surface area contributed by atoms with Gasteiger partial charge in [-0.2, -0.15) is 0 Å². The molecule has 3 aromatic carbocycles. The Morgan fingerprint density at radius 2 is 1.72 bits per heavy atom. The lowest BCUT2D eigenvalue weighted by Gasteiger charge is -2.34. The van der Waals surface area contributed by atoms with Crippen molar-refractivity contribution in [3.63, 3.8) is 0 Å². The summed E-state index contributed by atoms with van der Waals surface area (Å²) >= 11 is 0. The highest BCUT2D eigenvalue weighted by atomic mass is 32.2. The number of esters is 1. The third-order valence-electron chi connectivity index (χ3n) is 4.91. The van der Waals surface area contributed by atoms with E-state index in [-0.39, 0.29) is 22.8 Å². The van der Waals surface area contributed by atoms with Crippen LogP contribution in [0.4, 0.5) is 11.4 Å². The number of sulfonamides is 1. The number of methoxy groups -OCH3 is 1. The maximum atomic E-state index is 13.3. The van der Waals surface area contributed by atoms with Gasteiger partial charge >= 0.3 is 5.97 Å². The zero-order chi connectivity index (χ0) is 22.7. The molecular weight excluding hydrogens is 432 g/mol. The molecule has 0 radical (unpaired) electrons. The van der Waals surface area contributed by atoms with Gasteiger partial charge in [-0.25, -0.2) is 13.2 Å². The van der Waals surface area contributed by atoms with E-state index in [1.54, 1.807) is 60.7 Å². The molecule has 1 heterocycles. The zero-order valence-corrected chi connectivity index (χ0v) is 17.9. The number of nitrogens with one attached hydrogen (secondary N) is 1. The molecule has 0 saturated carbocycles. The van der Waals surface area contributed by atoms with E-state index in [0.717, 1.165) is 0 Å². The van der Waals surface area contributed by atoms with Crippen LogP contribution in [0.2, 0.25) is 0 Å². The van der Waals surface area contributed by atoms with Crippen molar-refractivity contribution in [2.24, 2.45) is 0 Å². The predicted molar refractivity (Wildman–Crippen MR) is 118 cm³/mol. The summed E-state index contributed by atoms with van der Waals surface area (Å²) in [4.78, 5) is 24.8. The molecular formula is C23H20N2O6S. The topological polar surface area (TPSA) is 102 Å². The summed E-state index contributed by atoms with van der Waals surface area (Å²) < 4.78 is 38.3. The number of benzene rings is 3. The average Bonchev–Trinajstić information content (AvgIpc) is 2.83. The third-order valence-corrected chi connectivity index (χ3v) is 6.70. The van der Waals surface area contributed by atoms with Crippen LogP contribution in [0.1, 0.15) is 10.4 Å². The van der Waals surface area contributed by atoms with Gasteiger partial charge in [-0.05, 0) is 42.5 Å². The summed E-state index contributed by atoms with van der Waals surface area (Å²) in [5, 5.41) is 2.68. The highest BCUT2D eigenvalue weighted by molar-refractivity contribution is 7.92. The normalized spacial score (nSPS) is 15.3. The molecule has 0 saturated heterocycles. The van der Waals surface area contributed by atoms with E-state index in [2.05, 4.69) is 5.32 Å². The molecule has 1 atom stereocenters. The van der Waals surface area contributed by atoms with E-state index < -0.39 is 28.0 Å². The zero-order valence-electron chi connectivity index (χ0n) is 17.1. The van der Waals surface area contributed by atoms with E-state index in [1.807, 2.05) is 0 Å². The minimum absolute atomic E-state index is 0.113. The van der Waals surface area contributed by atoms with E-state index in [1.165, 1.54) is 29.6 Å². The number of rotatable bonds is 5. The number of para-hydroxylation sites is 2. The average molecular weight is 452 g/mol. The van der Waals surface area contributed by atoms with E-state index >= 15 is 0 Å². The van der Waals surface area contributed by atoms with Crippen LogP contribution in [-0.2, 0) is 19.6 Å². The van der Waals surface area contributed by atoms with Gasteiger partial charge in [0, 0.05) is 5.69 Å².